The fourth-order valence-electron chi connectivity index (χ4n) is 3.81. The highest BCUT2D eigenvalue weighted by Gasteiger charge is 2.37. The number of rotatable bonds is 6. The maximum Gasteiger partial charge on any atom is 0.573 e. The van der Waals surface area contributed by atoms with Gasteiger partial charge in [-0.15, -0.1) is 13.2 Å². The molecule has 3 aromatic rings. The SMILES string of the molecule is CN(C)/C=C/C(=O)c1cccc2c1N(S(=O)(=O)c1ccc(OC(F)(F)F)cc1)Cc1ccc(C(F)(F)F)nc1N2. The fraction of sp³-hybridized carbons (Fsp3) is 0.200. The maximum atomic E-state index is 13.9. The Kier molecular flexibility index (Phi) is 7.45. The first-order valence-electron chi connectivity index (χ1n) is 11.3. The van der Waals surface area contributed by atoms with Crippen LogP contribution in [0.5, 0.6) is 5.75 Å². The monoisotopic (exact) mass is 586 g/mol. The zero-order valence-electron chi connectivity index (χ0n) is 20.7. The average molecular weight is 587 g/mol. The molecule has 40 heavy (non-hydrogen) atoms. The highest BCUT2D eigenvalue weighted by molar-refractivity contribution is 7.92. The van der Waals surface area contributed by atoms with Crippen molar-refractivity contribution in [2.24, 2.45) is 0 Å². The Morgan fingerprint density at radius 2 is 1.70 bits per heavy atom. The smallest absolute Gasteiger partial charge is 0.406 e. The maximum absolute atomic E-state index is 13.9. The second kappa shape index (κ2) is 10.4. The molecule has 0 saturated heterocycles. The summed E-state index contributed by atoms with van der Waals surface area (Å²) >= 11 is 0. The van der Waals surface area contributed by atoms with E-state index in [1.54, 1.807) is 19.0 Å². The van der Waals surface area contributed by atoms with Crippen molar-refractivity contribution in [1.29, 1.82) is 0 Å². The van der Waals surface area contributed by atoms with Gasteiger partial charge in [0.2, 0.25) is 0 Å². The molecule has 212 valence electrons. The lowest BCUT2D eigenvalue weighted by molar-refractivity contribution is -0.274. The number of nitrogens with one attached hydrogen (secondary N) is 1. The highest BCUT2D eigenvalue weighted by Crippen LogP contribution is 2.42. The van der Waals surface area contributed by atoms with E-state index in [-0.39, 0.29) is 28.3 Å². The molecular weight excluding hydrogens is 566 g/mol. The van der Waals surface area contributed by atoms with E-state index in [0.717, 1.165) is 34.6 Å². The molecule has 0 fully saturated rings. The summed E-state index contributed by atoms with van der Waals surface area (Å²) in [6.45, 7) is -0.550. The summed E-state index contributed by atoms with van der Waals surface area (Å²) in [6, 6.07) is 9.25. The molecule has 0 radical (unpaired) electrons. The number of allylic oxidation sites excluding steroid dienone is 1. The number of sulfonamides is 1. The predicted molar refractivity (Wildman–Crippen MR) is 133 cm³/mol. The molecule has 2 heterocycles. The second-order valence-corrected chi connectivity index (χ2v) is 10.6. The molecule has 1 aliphatic heterocycles. The van der Waals surface area contributed by atoms with E-state index in [0.29, 0.717) is 6.07 Å². The van der Waals surface area contributed by atoms with Crippen molar-refractivity contribution in [3.63, 3.8) is 0 Å². The third-order valence-electron chi connectivity index (χ3n) is 5.56. The number of hydrogen-bond donors (Lipinski definition) is 1. The molecule has 0 spiro atoms. The van der Waals surface area contributed by atoms with Gasteiger partial charge in [-0.3, -0.25) is 9.10 Å². The minimum atomic E-state index is -5.00. The van der Waals surface area contributed by atoms with Crippen molar-refractivity contribution >= 4 is 33.0 Å². The van der Waals surface area contributed by atoms with E-state index in [9.17, 15) is 39.6 Å². The number of ketones is 1. The van der Waals surface area contributed by atoms with Crippen LogP contribution in [0.4, 0.5) is 43.5 Å². The van der Waals surface area contributed by atoms with Crippen LogP contribution in [0.1, 0.15) is 21.6 Å². The Balaban J connectivity index is 1.89. The molecule has 1 aromatic heterocycles. The van der Waals surface area contributed by atoms with Crippen LogP contribution in [0.15, 0.2) is 71.8 Å². The van der Waals surface area contributed by atoms with Gasteiger partial charge >= 0.3 is 12.5 Å². The standard InChI is InChI=1S/C25H20F6N4O4S/c1-34(2)13-12-20(36)18-4-3-5-19-22(18)35(14-15-6-11-21(24(26,27)28)33-23(15)32-19)40(37,38)17-9-7-16(8-10-17)39-25(29,30)31/h3-13H,14H2,1-2H3,(H,32,33)/b13-12+. The number of nitrogens with zero attached hydrogens (tertiary/aromatic N) is 3. The third-order valence-corrected chi connectivity index (χ3v) is 7.32. The van der Waals surface area contributed by atoms with Crippen LogP contribution in [0.3, 0.4) is 0 Å². The molecule has 4 rings (SSSR count). The van der Waals surface area contributed by atoms with Gasteiger partial charge in [0.1, 0.15) is 17.3 Å². The van der Waals surface area contributed by atoms with Crippen LogP contribution in [0.2, 0.25) is 0 Å². The predicted octanol–water partition coefficient (Wildman–Crippen LogP) is 5.71. The van der Waals surface area contributed by atoms with Crippen LogP contribution in [-0.4, -0.2) is 44.5 Å². The Morgan fingerprint density at radius 1 is 1.02 bits per heavy atom. The van der Waals surface area contributed by atoms with E-state index in [4.69, 9.17) is 0 Å². The molecule has 8 nitrogen and oxygen atoms in total. The quantitative estimate of drug-likeness (QED) is 0.225. The van der Waals surface area contributed by atoms with Gasteiger partial charge in [-0.1, -0.05) is 12.1 Å². The summed E-state index contributed by atoms with van der Waals surface area (Å²) in [7, 11) is -1.30. The Hall–Kier alpha value is -4.27. The molecular formula is C25H20F6N4O4S. The van der Waals surface area contributed by atoms with Crippen molar-refractivity contribution < 1.29 is 44.3 Å². The molecule has 1 aliphatic rings. The van der Waals surface area contributed by atoms with Crippen LogP contribution >= 0.6 is 0 Å². The van der Waals surface area contributed by atoms with E-state index in [1.807, 2.05) is 0 Å². The number of hydrogen-bond acceptors (Lipinski definition) is 7. The first-order chi connectivity index (χ1) is 18.6. The van der Waals surface area contributed by atoms with E-state index < -0.39 is 51.2 Å². The normalized spacial score (nSPS) is 13.8. The topological polar surface area (TPSA) is 91.8 Å². The van der Waals surface area contributed by atoms with Gasteiger partial charge < -0.3 is 15.0 Å². The third kappa shape index (κ3) is 6.14. The Bertz CT molecular complexity index is 1570. The molecule has 0 aliphatic carbocycles. The van der Waals surface area contributed by atoms with E-state index in [1.165, 1.54) is 30.5 Å². The van der Waals surface area contributed by atoms with Crippen molar-refractivity contribution in [2.45, 2.75) is 24.0 Å². The molecule has 0 unspecified atom stereocenters. The van der Waals surface area contributed by atoms with Gasteiger partial charge in [-0.25, -0.2) is 13.4 Å². The zero-order chi connectivity index (χ0) is 29.5. The Labute approximate surface area is 224 Å². The van der Waals surface area contributed by atoms with Gasteiger partial charge in [0.25, 0.3) is 10.0 Å². The minimum absolute atomic E-state index is 0.0322. The first-order valence-corrected chi connectivity index (χ1v) is 12.7. The number of aromatic nitrogens is 1. The lowest BCUT2D eigenvalue weighted by Gasteiger charge is -2.26. The number of pyridine rings is 1. The number of para-hydroxylation sites is 1. The molecule has 0 saturated carbocycles. The highest BCUT2D eigenvalue weighted by atomic mass is 32.2. The molecule has 2 aromatic carbocycles. The molecule has 0 bridgehead atoms. The van der Waals surface area contributed by atoms with Crippen LogP contribution < -0.4 is 14.4 Å². The Morgan fingerprint density at radius 3 is 2.30 bits per heavy atom. The first kappa shape index (κ1) is 28.7. The van der Waals surface area contributed by atoms with Crippen LogP contribution in [0, 0.1) is 0 Å². The molecule has 15 heteroatoms. The van der Waals surface area contributed by atoms with Crippen LogP contribution in [-0.2, 0) is 22.7 Å². The van der Waals surface area contributed by atoms with E-state index >= 15 is 0 Å². The van der Waals surface area contributed by atoms with E-state index in [2.05, 4.69) is 15.0 Å². The summed E-state index contributed by atoms with van der Waals surface area (Å²) in [4.78, 5) is 17.9. The van der Waals surface area contributed by atoms with Gasteiger partial charge in [0, 0.05) is 37.5 Å². The average Bonchev–Trinajstić information content (AvgIpc) is 3.02. The summed E-state index contributed by atoms with van der Waals surface area (Å²) in [5.41, 5.74) is -1.49. The van der Waals surface area contributed by atoms with Crippen molar-refractivity contribution in [1.82, 2.24) is 9.88 Å². The van der Waals surface area contributed by atoms with Crippen molar-refractivity contribution in [2.75, 3.05) is 23.7 Å². The van der Waals surface area contributed by atoms with Crippen LogP contribution in [0.25, 0.3) is 0 Å². The number of carbonyl (C=O) groups is 1. The number of ether oxygens (including phenoxy) is 1. The minimum Gasteiger partial charge on any atom is -0.406 e. The number of halogens is 6. The summed E-state index contributed by atoms with van der Waals surface area (Å²) in [6.07, 6.45) is -7.18. The van der Waals surface area contributed by atoms with Crippen molar-refractivity contribution in [3.05, 3.63) is 83.7 Å². The lowest BCUT2D eigenvalue weighted by Crippen LogP contribution is -2.31. The summed E-state index contributed by atoms with van der Waals surface area (Å²) in [5.74, 6) is -1.56. The van der Waals surface area contributed by atoms with Gasteiger partial charge in [0.05, 0.1) is 22.8 Å². The number of fused-ring (bicyclic) bond motifs is 2. The zero-order valence-corrected chi connectivity index (χ0v) is 21.5. The second-order valence-electron chi connectivity index (χ2n) is 8.70. The number of carbonyl (C=O) groups excluding carboxylic acids is 1. The fourth-order valence-corrected chi connectivity index (χ4v) is 5.29. The van der Waals surface area contributed by atoms with Gasteiger partial charge in [0.15, 0.2) is 5.78 Å². The number of benzene rings is 2. The van der Waals surface area contributed by atoms with Gasteiger partial charge in [-0.2, -0.15) is 13.2 Å². The largest absolute Gasteiger partial charge is 0.573 e. The molecule has 0 atom stereocenters. The lowest BCUT2D eigenvalue weighted by atomic mass is 10.1. The van der Waals surface area contributed by atoms with Crippen molar-refractivity contribution in [3.8, 4) is 5.75 Å². The number of anilines is 3. The molecule has 1 N–H and O–H groups in total. The number of alkyl halides is 6. The molecule has 0 amide bonds. The summed E-state index contributed by atoms with van der Waals surface area (Å²) < 4.78 is 110. The van der Waals surface area contributed by atoms with Gasteiger partial charge in [-0.05, 0) is 42.5 Å². The summed E-state index contributed by atoms with van der Waals surface area (Å²) in [5, 5.41) is 2.72.